The largest absolute Gasteiger partial charge is 0.469 e. The Morgan fingerprint density at radius 3 is 2.66 bits per heavy atom. The zero-order valence-corrected chi connectivity index (χ0v) is 18.5. The molecule has 168 valence electrons. The first-order chi connectivity index (χ1) is 15.3. The van der Waals surface area contributed by atoms with Crippen LogP contribution in [0.3, 0.4) is 0 Å². The number of hydrogen-bond donors (Lipinski definition) is 4. The van der Waals surface area contributed by atoms with E-state index in [1.165, 1.54) is 7.11 Å². The number of H-pyrrole nitrogens is 1. The van der Waals surface area contributed by atoms with Crippen molar-refractivity contribution in [2.24, 2.45) is 17.6 Å². The summed E-state index contributed by atoms with van der Waals surface area (Å²) in [6.45, 7) is 3.84. The minimum absolute atomic E-state index is 0.00279. The Hall–Kier alpha value is -3.68. The Kier molecular flexibility index (Phi) is 7.25. The number of aromatic nitrogens is 2. The molecule has 0 spiro atoms. The summed E-state index contributed by atoms with van der Waals surface area (Å²) < 4.78 is 5.01. The number of benzene rings is 1. The molecule has 1 aliphatic carbocycles. The van der Waals surface area contributed by atoms with Crippen LogP contribution in [0.5, 0.6) is 0 Å². The molecular formula is C24H29N5O3. The van der Waals surface area contributed by atoms with E-state index in [9.17, 15) is 9.59 Å². The fourth-order valence-electron chi connectivity index (χ4n) is 3.91. The number of hydrogen-bond acceptors (Lipinski definition) is 5. The Morgan fingerprint density at radius 1 is 1.34 bits per heavy atom. The highest BCUT2D eigenvalue weighted by molar-refractivity contribution is 5.97. The van der Waals surface area contributed by atoms with Gasteiger partial charge in [0.25, 0.3) is 5.91 Å². The number of carbonyl (C=O) groups excluding carboxylic acids is 2. The number of imidazole rings is 1. The van der Waals surface area contributed by atoms with Gasteiger partial charge in [-0.1, -0.05) is 36.8 Å². The molecule has 0 aliphatic heterocycles. The quantitative estimate of drug-likeness (QED) is 0.287. The van der Waals surface area contributed by atoms with E-state index in [2.05, 4.69) is 15.3 Å². The molecule has 2 aromatic rings. The summed E-state index contributed by atoms with van der Waals surface area (Å²) in [7, 11) is 1.34. The maximum Gasteiger partial charge on any atom is 0.311 e. The smallest absolute Gasteiger partial charge is 0.311 e. The van der Waals surface area contributed by atoms with Crippen molar-refractivity contribution in [2.75, 3.05) is 7.11 Å². The van der Waals surface area contributed by atoms with E-state index in [1.54, 1.807) is 31.5 Å². The lowest BCUT2D eigenvalue weighted by Gasteiger charge is -2.26. The van der Waals surface area contributed by atoms with Gasteiger partial charge in [-0.15, -0.1) is 0 Å². The third-order valence-corrected chi connectivity index (χ3v) is 5.59. The minimum atomic E-state index is -0.559. The van der Waals surface area contributed by atoms with Gasteiger partial charge in [0.2, 0.25) is 0 Å². The molecule has 0 bridgehead atoms. The maximum absolute atomic E-state index is 12.8. The maximum atomic E-state index is 12.8. The number of allylic oxidation sites excluding steroid dienone is 2. The van der Waals surface area contributed by atoms with E-state index < -0.39 is 17.9 Å². The molecule has 3 atom stereocenters. The average Bonchev–Trinajstić information content (AvgIpc) is 3.31. The highest BCUT2D eigenvalue weighted by Crippen LogP contribution is 2.29. The topological polar surface area (TPSA) is 134 Å². The number of nitrogens with two attached hydrogens (primary N) is 1. The minimum Gasteiger partial charge on any atom is -0.469 e. The van der Waals surface area contributed by atoms with Crippen LogP contribution >= 0.6 is 0 Å². The van der Waals surface area contributed by atoms with Gasteiger partial charge in [-0.3, -0.25) is 15.0 Å². The fourth-order valence-corrected chi connectivity index (χ4v) is 3.91. The molecule has 0 saturated carbocycles. The zero-order valence-electron chi connectivity index (χ0n) is 18.5. The average molecular weight is 436 g/mol. The van der Waals surface area contributed by atoms with Crippen molar-refractivity contribution >= 4 is 17.7 Å². The third-order valence-electron chi connectivity index (χ3n) is 5.59. The number of amides is 1. The van der Waals surface area contributed by atoms with Gasteiger partial charge < -0.3 is 20.8 Å². The summed E-state index contributed by atoms with van der Waals surface area (Å²) in [4.78, 5) is 32.6. The van der Waals surface area contributed by atoms with E-state index in [1.807, 2.05) is 31.2 Å². The number of rotatable bonds is 8. The highest BCUT2D eigenvalue weighted by atomic mass is 16.5. The molecule has 1 amide bonds. The number of carbonyl (C=O) groups is 2. The predicted molar refractivity (Wildman–Crippen MR) is 123 cm³/mol. The van der Waals surface area contributed by atoms with Crippen LogP contribution in [0.25, 0.3) is 11.4 Å². The summed E-state index contributed by atoms with van der Waals surface area (Å²) >= 11 is 0. The van der Waals surface area contributed by atoms with Crippen molar-refractivity contribution in [3.63, 3.8) is 0 Å². The molecule has 3 rings (SSSR count). The molecule has 0 radical (unpaired) electrons. The van der Waals surface area contributed by atoms with E-state index in [0.717, 1.165) is 23.4 Å². The summed E-state index contributed by atoms with van der Waals surface area (Å²) in [6.07, 6.45) is 8.40. The van der Waals surface area contributed by atoms with Crippen molar-refractivity contribution in [2.45, 2.75) is 32.7 Å². The highest BCUT2D eigenvalue weighted by Gasteiger charge is 2.29. The SMILES string of the molecule is COC(=O)C(CC1=CC(C(=N)N)=CC(C)C1)C(C)NC(=O)c1ccc(-c2ncc[nH]2)cc1. The van der Waals surface area contributed by atoms with Gasteiger partial charge >= 0.3 is 5.97 Å². The van der Waals surface area contributed by atoms with Crippen LogP contribution in [0.4, 0.5) is 0 Å². The molecule has 8 heteroatoms. The Morgan fingerprint density at radius 2 is 2.06 bits per heavy atom. The molecular weight excluding hydrogens is 406 g/mol. The van der Waals surface area contributed by atoms with Gasteiger partial charge in [0.15, 0.2) is 0 Å². The molecule has 0 fully saturated rings. The van der Waals surface area contributed by atoms with E-state index in [0.29, 0.717) is 17.6 Å². The zero-order chi connectivity index (χ0) is 23.3. The van der Waals surface area contributed by atoms with Crippen LogP contribution in [0, 0.1) is 17.2 Å². The van der Waals surface area contributed by atoms with Crippen LogP contribution in [-0.2, 0) is 9.53 Å². The first-order valence-corrected chi connectivity index (χ1v) is 10.5. The number of aromatic amines is 1. The van der Waals surface area contributed by atoms with Crippen LogP contribution in [0.1, 0.15) is 37.0 Å². The van der Waals surface area contributed by atoms with Crippen LogP contribution < -0.4 is 11.1 Å². The second kappa shape index (κ2) is 10.1. The molecule has 5 N–H and O–H groups in total. The van der Waals surface area contributed by atoms with Gasteiger partial charge in [-0.25, -0.2) is 4.98 Å². The predicted octanol–water partition coefficient (Wildman–Crippen LogP) is 3.20. The van der Waals surface area contributed by atoms with E-state index in [-0.39, 0.29) is 17.7 Å². The van der Waals surface area contributed by atoms with Crippen LogP contribution in [-0.4, -0.2) is 40.8 Å². The number of ether oxygens (including phenoxy) is 1. The molecule has 3 unspecified atom stereocenters. The molecule has 1 heterocycles. The fraction of sp³-hybridized carbons (Fsp3) is 0.333. The van der Waals surface area contributed by atoms with Gasteiger partial charge in [-0.2, -0.15) is 0 Å². The second-order valence-electron chi connectivity index (χ2n) is 8.13. The number of nitrogens with zero attached hydrogens (tertiary/aromatic N) is 1. The summed E-state index contributed by atoms with van der Waals surface area (Å²) in [5, 5.41) is 10.6. The van der Waals surface area contributed by atoms with Gasteiger partial charge in [0.1, 0.15) is 11.7 Å². The van der Waals surface area contributed by atoms with Gasteiger partial charge in [-0.05, 0) is 37.8 Å². The lowest BCUT2D eigenvalue weighted by atomic mass is 9.84. The van der Waals surface area contributed by atoms with Crippen molar-refractivity contribution in [3.05, 3.63) is 65.5 Å². The summed E-state index contributed by atoms with van der Waals surface area (Å²) in [5.41, 5.74) is 8.69. The van der Waals surface area contributed by atoms with E-state index >= 15 is 0 Å². The first kappa shape index (κ1) is 23.0. The molecule has 1 aromatic carbocycles. The molecule has 1 aliphatic rings. The van der Waals surface area contributed by atoms with Crippen molar-refractivity contribution in [1.82, 2.24) is 15.3 Å². The Labute approximate surface area is 187 Å². The van der Waals surface area contributed by atoms with E-state index in [4.69, 9.17) is 15.9 Å². The summed E-state index contributed by atoms with van der Waals surface area (Å²) in [6, 6.07) is 6.63. The second-order valence-corrected chi connectivity index (χ2v) is 8.13. The Balaban J connectivity index is 1.71. The number of nitrogens with one attached hydrogen (secondary N) is 3. The normalized spacial score (nSPS) is 17.5. The monoisotopic (exact) mass is 435 g/mol. The van der Waals surface area contributed by atoms with Gasteiger partial charge in [0, 0.05) is 35.1 Å². The van der Waals surface area contributed by atoms with Crippen molar-refractivity contribution in [3.8, 4) is 11.4 Å². The first-order valence-electron chi connectivity index (χ1n) is 10.5. The Bertz CT molecular complexity index is 1040. The molecule has 0 saturated heterocycles. The van der Waals surface area contributed by atoms with Gasteiger partial charge in [0.05, 0.1) is 13.0 Å². The summed E-state index contributed by atoms with van der Waals surface area (Å²) in [5.74, 6) is -0.278. The van der Waals surface area contributed by atoms with Crippen molar-refractivity contribution in [1.29, 1.82) is 5.41 Å². The lowest BCUT2D eigenvalue weighted by Crippen LogP contribution is -2.42. The number of methoxy groups -OCH3 is 1. The molecule has 1 aromatic heterocycles. The number of amidine groups is 1. The van der Waals surface area contributed by atoms with Crippen LogP contribution in [0.15, 0.2) is 60.0 Å². The third kappa shape index (κ3) is 5.51. The number of esters is 1. The standard InChI is InChI=1S/C24H29N5O3/c1-14-10-16(12-19(11-14)21(25)26)13-20(24(31)32-3)15(2)29-23(30)18-6-4-17(5-7-18)22-27-8-9-28-22/h4-9,11-12,14-15,20H,10,13H2,1-3H3,(H3,25,26)(H,27,28)(H,29,30). The lowest BCUT2D eigenvalue weighted by molar-refractivity contribution is -0.146. The molecule has 8 nitrogen and oxygen atoms in total. The molecule has 32 heavy (non-hydrogen) atoms. The van der Waals surface area contributed by atoms with Crippen LogP contribution in [0.2, 0.25) is 0 Å². The van der Waals surface area contributed by atoms with Crippen molar-refractivity contribution < 1.29 is 14.3 Å².